The van der Waals surface area contributed by atoms with Crippen LogP contribution in [0.15, 0.2) is 18.2 Å². The molecule has 100 valence electrons. The maximum Gasteiger partial charge on any atom is 0.338 e. The van der Waals surface area contributed by atoms with E-state index in [9.17, 15) is 9.18 Å². The third-order valence-corrected chi connectivity index (χ3v) is 3.36. The number of rotatable bonds is 5. The van der Waals surface area contributed by atoms with Crippen molar-refractivity contribution in [1.82, 2.24) is 4.90 Å². The maximum atomic E-state index is 13.5. The van der Waals surface area contributed by atoms with Gasteiger partial charge in [-0.05, 0) is 37.6 Å². The first-order valence-electron chi connectivity index (χ1n) is 6.05. The first kappa shape index (κ1) is 14.6. The van der Waals surface area contributed by atoms with Gasteiger partial charge in [-0.25, -0.2) is 9.18 Å². The lowest BCUT2D eigenvalue weighted by Gasteiger charge is -2.27. The second-order valence-electron chi connectivity index (χ2n) is 5.02. The third-order valence-electron chi connectivity index (χ3n) is 3.36. The van der Waals surface area contributed by atoms with E-state index in [-0.39, 0.29) is 5.56 Å². The van der Waals surface area contributed by atoms with Crippen LogP contribution in [0.2, 0.25) is 0 Å². The van der Waals surface area contributed by atoms with Crippen LogP contribution in [0.1, 0.15) is 36.7 Å². The van der Waals surface area contributed by atoms with Gasteiger partial charge in [0.2, 0.25) is 0 Å². The van der Waals surface area contributed by atoms with Gasteiger partial charge in [-0.3, -0.25) is 4.90 Å². The quantitative estimate of drug-likeness (QED) is 0.877. The molecule has 0 fully saturated rings. The number of benzene rings is 1. The topological polar surface area (TPSA) is 40.5 Å². The Kier molecular flexibility index (Phi) is 4.84. The van der Waals surface area contributed by atoms with Gasteiger partial charge in [0, 0.05) is 12.6 Å². The molecule has 1 atom stereocenters. The largest absolute Gasteiger partial charge is 0.478 e. The summed E-state index contributed by atoms with van der Waals surface area (Å²) in [5.41, 5.74) is 0.505. The van der Waals surface area contributed by atoms with Crippen molar-refractivity contribution >= 4 is 5.97 Å². The van der Waals surface area contributed by atoms with E-state index in [1.165, 1.54) is 12.1 Å². The standard InChI is InChI=1S/C14H20FNO2/c1-9(2)10(3)16(4)8-11-5-6-12(14(17)18)13(15)7-11/h5-7,9-10H,8H2,1-4H3,(H,17,18). The fourth-order valence-corrected chi connectivity index (χ4v) is 1.77. The number of hydrogen-bond acceptors (Lipinski definition) is 2. The average molecular weight is 253 g/mol. The van der Waals surface area contributed by atoms with Gasteiger partial charge >= 0.3 is 5.97 Å². The van der Waals surface area contributed by atoms with E-state index in [0.717, 1.165) is 5.56 Å². The molecule has 0 radical (unpaired) electrons. The number of halogens is 1. The number of aromatic carboxylic acids is 1. The van der Waals surface area contributed by atoms with E-state index in [1.807, 2.05) is 7.05 Å². The van der Waals surface area contributed by atoms with Gasteiger partial charge in [-0.2, -0.15) is 0 Å². The van der Waals surface area contributed by atoms with Gasteiger partial charge < -0.3 is 5.11 Å². The predicted molar refractivity (Wildman–Crippen MR) is 69.1 cm³/mol. The molecule has 18 heavy (non-hydrogen) atoms. The first-order chi connectivity index (χ1) is 8.32. The normalized spacial score (nSPS) is 13.1. The average Bonchev–Trinajstić information content (AvgIpc) is 2.27. The van der Waals surface area contributed by atoms with Crippen molar-refractivity contribution in [2.24, 2.45) is 5.92 Å². The van der Waals surface area contributed by atoms with Crippen LogP contribution in [0.5, 0.6) is 0 Å². The van der Waals surface area contributed by atoms with E-state index < -0.39 is 11.8 Å². The molecule has 0 heterocycles. The molecule has 0 aliphatic rings. The number of hydrogen-bond donors (Lipinski definition) is 1. The van der Waals surface area contributed by atoms with Crippen molar-refractivity contribution in [1.29, 1.82) is 0 Å². The molecule has 1 aromatic rings. The fourth-order valence-electron chi connectivity index (χ4n) is 1.77. The SMILES string of the molecule is CC(C)C(C)N(C)Cc1ccc(C(=O)O)c(F)c1. The van der Waals surface area contributed by atoms with Crippen LogP contribution in [-0.2, 0) is 6.54 Å². The van der Waals surface area contributed by atoms with Crippen molar-refractivity contribution in [2.45, 2.75) is 33.4 Å². The summed E-state index contributed by atoms with van der Waals surface area (Å²) in [6.07, 6.45) is 0. The molecular formula is C14H20FNO2. The minimum atomic E-state index is -1.23. The smallest absolute Gasteiger partial charge is 0.338 e. The zero-order valence-corrected chi connectivity index (χ0v) is 11.3. The number of nitrogens with zero attached hydrogens (tertiary/aromatic N) is 1. The van der Waals surface area contributed by atoms with E-state index in [0.29, 0.717) is 18.5 Å². The number of carboxylic acid groups (broad SMARTS) is 1. The molecule has 1 N–H and O–H groups in total. The summed E-state index contributed by atoms with van der Waals surface area (Å²) >= 11 is 0. The minimum Gasteiger partial charge on any atom is -0.478 e. The summed E-state index contributed by atoms with van der Waals surface area (Å²) in [5, 5.41) is 8.75. The van der Waals surface area contributed by atoms with Crippen molar-refractivity contribution in [2.75, 3.05) is 7.05 Å². The van der Waals surface area contributed by atoms with Crippen molar-refractivity contribution in [3.8, 4) is 0 Å². The highest BCUT2D eigenvalue weighted by Crippen LogP contribution is 2.15. The van der Waals surface area contributed by atoms with Gasteiger partial charge in [0.15, 0.2) is 0 Å². The second-order valence-corrected chi connectivity index (χ2v) is 5.02. The van der Waals surface area contributed by atoms with Gasteiger partial charge in [-0.15, -0.1) is 0 Å². The van der Waals surface area contributed by atoms with Gasteiger partial charge in [0.1, 0.15) is 5.82 Å². The van der Waals surface area contributed by atoms with E-state index in [2.05, 4.69) is 25.7 Å². The Morgan fingerprint density at radius 3 is 2.44 bits per heavy atom. The Bertz CT molecular complexity index is 432. The second kappa shape index (κ2) is 5.96. The van der Waals surface area contributed by atoms with Crippen LogP contribution < -0.4 is 0 Å². The van der Waals surface area contributed by atoms with Crippen LogP contribution in [-0.4, -0.2) is 29.1 Å². The molecule has 1 aromatic carbocycles. The predicted octanol–water partition coefficient (Wildman–Crippen LogP) is 3.00. The van der Waals surface area contributed by atoms with Gasteiger partial charge in [0.05, 0.1) is 5.56 Å². The van der Waals surface area contributed by atoms with Crippen LogP contribution in [0.4, 0.5) is 4.39 Å². The molecule has 3 nitrogen and oxygen atoms in total. The van der Waals surface area contributed by atoms with Crippen LogP contribution in [0.25, 0.3) is 0 Å². The summed E-state index contributed by atoms with van der Waals surface area (Å²) < 4.78 is 13.5. The van der Waals surface area contributed by atoms with Crippen LogP contribution in [0.3, 0.4) is 0 Å². The van der Waals surface area contributed by atoms with Crippen LogP contribution >= 0.6 is 0 Å². The first-order valence-corrected chi connectivity index (χ1v) is 6.05. The monoisotopic (exact) mass is 253 g/mol. The molecule has 0 spiro atoms. The molecule has 0 saturated heterocycles. The highest BCUT2D eigenvalue weighted by atomic mass is 19.1. The van der Waals surface area contributed by atoms with Crippen LogP contribution in [0, 0.1) is 11.7 Å². The summed E-state index contributed by atoms with van der Waals surface area (Å²) in [4.78, 5) is 12.8. The molecule has 0 aliphatic carbocycles. The summed E-state index contributed by atoms with van der Waals surface area (Å²) in [6.45, 7) is 6.99. The maximum absolute atomic E-state index is 13.5. The van der Waals surface area contributed by atoms with E-state index >= 15 is 0 Å². The zero-order valence-electron chi connectivity index (χ0n) is 11.3. The Morgan fingerprint density at radius 2 is 2.00 bits per heavy atom. The number of carbonyl (C=O) groups is 1. The van der Waals surface area contributed by atoms with Crippen molar-refractivity contribution in [3.63, 3.8) is 0 Å². The molecular weight excluding hydrogens is 233 g/mol. The Hall–Kier alpha value is -1.42. The highest BCUT2D eigenvalue weighted by molar-refractivity contribution is 5.87. The van der Waals surface area contributed by atoms with E-state index in [1.54, 1.807) is 6.07 Å². The molecule has 0 saturated carbocycles. The lowest BCUT2D eigenvalue weighted by Crippen LogP contribution is -2.32. The highest BCUT2D eigenvalue weighted by Gasteiger charge is 2.15. The van der Waals surface area contributed by atoms with Gasteiger partial charge in [0.25, 0.3) is 0 Å². The summed E-state index contributed by atoms with van der Waals surface area (Å²) in [5.74, 6) is -1.40. The molecule has 1 unspecified atom stereocenters. The zero-order chi connectivity index (χ0) is 13.9. The summed E-state index contributed by atoms with van der Waals surface area (Å²) in [7, 11) is 1.98. The molecule has 0 aromatic heterocycles. The molecule has 0 aliphatic heterocycles. The minimum absolute atomic E-state index is 0.279. The van der Waals surface area contributed by atoms with Crippen molar-refractivity contribution < 1.29 is 14.3 Å². The molecule has 4 heteroatoms. The van der Waals surface area contributed by atoms with Gasteiger partial charge in [-0.1, -0.05) is 19.9 Å². The molecule has 0 bridgehead atoms. The fraction of sp³-hybridized carbons (Fsp3) is 0.500. The number of carboxylic acids is 1. The third kappa shape index (κ3) is 3.53. The van der Waals surface area contributed by atoms with Crippen molar-refractivity contribution in [3.05, 3.63) is 35.1 Å². The molecule has 0 amide bonds. The Balaban J connectivity index is 2.80. The Morgan fingerprint density at radius 1 is 1.39 bits per heavy atom. The Labute approximate surface area is 107 Å². The molecule has 1 rings (SSSR count). The van der Waals surface area contributed by atoms with E-state index in [4.69, 9.17) is 5.11 Å². The summed E-state index contributed by atoms with van der Waals surface area (Å²) in [6, 6.07) is 4.66. The lowest BCUT2D eigenvalue weighted by atomic mass is 10.0. The lowest BCUT2D eigenvalue weighted by molar-refractivity contribution is 0.0692.